The van der Waals surface area contributed by atoms with Gasteiger partial charge in [0, 0.05) is 18.6 Å². The Kier molecular flexibility index (Phi) is 2.74. The molecule has 0 saturated heterocycles. The molecule has 2 aromatic rings. The molecule has 0 fully saturated rings. The van der Waals surface area contributed by atoms with Crippen molar-refractivity contribution in [3.05, 3.63) is 59.7 Å². The molecule has 15 heavy (non-hydrogen) atoms. The van der Waals surface area contributed by atoms with Crippen molar-refractivity contribution in [1.29, 1.82) is 0 Å². The first-order valence-corrected chi connectivity index (χ1v) is 4.85. The highest BCUT2D eigenvalue weighted by Crippen LogP contribution is 2.16. The van der Waals surface area contributed by atoms with Crippen molar-refractivity contribution in [1.82, 2.24) is 9.97 Å². The highest BCUT2D eigenvalue weighted by Gasteiger charge is 2.09. The van der Waals surface area contributed by atoms with Crippen molar-refractivity contribution in [2.45, 2.75) is 13.0 Å². The standard InChI is InChI=1S/C12H13N3/c1-9-4-6-15-11(7-9)12(13)10-3-2-5-14-8-10/h2-8,12H,13H2,1H3. The lowest BCUT2D eigenvalue weighted by atomic mass is 10.1. The third-order valence-corrected chi connectivity index (χ3v) is 2.30. The minimum absolute atomic E-state index is 0.196. The van der Waals surface area contributed by atoms with Crippen molar-refractivity contribution >= 4 is 0 Å². The van der Waals surface area contributed by atoms with Crippen LogP contribution in [0.5, 0.6) is 0 Å². The Labute approximate surface area is 89.0 Å². The zero-order valence-corrected chi connectivity index (χ0v) is 8.59. The van der Waals surface area contributed by atoms with Gasteiger partial charge in [-0.2, -0.15) is 0 Å². The van der Waals surface area contributed by atoms with E-state index in [-0.39, 0.29) is 6.04 Å². The number of nitrogens with zero attached hydrogens (tertiary/aromatic N) is 2. The van der Waals surface area contributed by atoms with Gasteiger partial charge in [-0.1, -0.05) is 6.07 Å². The van der Waals surface area contributed by atoms with E-state index in [0.717, 1.165) is 11.3 Å². The molecule has 2 N–H and O–H groups in total. The second-order valence-electron chi connectivity index (χ2n) is 3.52. The number of pyridine rings is 2. The van der Waals surface area contributed by atoms with Gasteiger partial charge in [0.1, 0.15) is 0 Å². The maximum Gasteiger partial charge on any atom is 0.0741 e. The number of aromatic nitrogens is 2. The van der Waals surface area contributed by atoms with Crippen LogP contribution in [0.25, 0.3) is 0 Å². The molecule has 1 unspecified atom stereocenters. The van der Waals surface area contributed by atoms with Gasteiger partial charge in [-0.3, -0.25) is 9.97 Å². The van der Waals surface area contributed by atoms with Crippen LogP contribution in [0.1, 0.15) is 22.9 Å². The monoisotopic (exact) mass is 199 g/mol. The molecule has 0 radical (unpaired) electrons. The highest BCUT2D eigenvalue weighted by molar-refractivity contribution is 5.26. The van der Waals surface area contributed by atoms with Crippen molar-refractivity contribution in [3.8, 4) is 0 Å². The minimum Gasteiger partial charge on any atom is -0.319 e. The molecule has 0 amide bonds. The zero-order valence-electron chi connectivity index (χ0n) is 8.59. The summed E-state index contributed by atoms with van der Waals surface area (Å²) in [6.07, 6.45) is 5.29. The Morgan fingerprint density at radius 1 is 1.27 bits per heavy atom. The number of hydrogen-bond donors (Lipinski definition) is 1. The molecule has 0 aliphatic carbocycles. The van der Waals surface area contributed by atoms with Crippen LogP contribution in [0.2, 0.25) is 0 Å². The molecule has 0 aromatic carbocycles. The molecule has 2 aromatic heterocycles. The fraction of sp³-hybridized carbons (Fsp3) is 0.167. The molecule has 1 atom stereocenters. The van der Waals surface area contributed by atoms with Crippen molar-refractivity contribution < 1.29 is 0 Å². The summed E-state index contributed by atoms with van der Waals surface area (Å²) in [5.41, 5.74) is 9.11. The quantitative estimate of drug-likeness (QED) is 0.802. The second-order valence-corrected chi connectivity index (χ2v) is 3.52. The average Bonchev–Trinajstić information content (AvgIpc) is 2.29. The van der Waals surface area contributed by atoms with Gasteiger partial charge >= 0.3 is 0 Å². The summed E-state index contributed by atoms with van der Waals surface area (Å²) in [6.45, 7) is 2.03. The number of nitrogens with two attached hydrogens (primary N) is 1. The highest BCUT2D eigenvalue weighted by atomic mass is 14.8. The molecular weight excluding hydrogens is 186 g/mol. The maximum atomic E-state index is 6.08. The van der Waals surface area contributed by atoms with E-state index in [4.69, 9.17) is 5.73 Å². The first kappa shape index (κ1) is 9.80. The van der Waals surface area contributed by atoms with Crippen LogP contribution >= 0.6 is 0 Å². The maximum absolute atomic E-state index is 6.08. The third kappa shape index (κ3) is 2.19. The van der Waals surface area contributed by atoms with Gasteiger partial charge in [0.25, 0.3) is 0 Å². The summed E-state index contributed by atoms with van der Waals surface area (Å²) in [5, 5.41) is 0. The molecule has 0 aliphatic rings. The van der Waals surface area contributed by atoms with E-state index in [1.807, 2.05) is 31.2 Å². The Morgan fingerprint density at radius 3 is 2.80 bits per heavy atom. The largest absolute Gasteiger partial charge is 0.319 e. The molecular formula is C12H13N3. The normalized spacial score (nSPS) is 12.4. The fourth-order valence-corrected chi connectivity index (χ4v) is 1.46. The van der Waals surface area contributed by atoms with E-state index in [9.17, 15) is 0 Å². The molecule has 0 bridgehead atoms. The number of hydrogen-bond acceptors (Lipinski definition) is 3. The van der Waals surface area contributed by atoms with Crippen LogP contribution < -0.4 is 5.73 Å². The van der Waals surface area contributed by atoms with Gasteiger partial charge < -0.3 is 5.73 Å². The molecule has 2 rings (SSSR count). The van der Waals surface area contributed by atoms with Crippen molar-refractivity contribution in [2.24, 2.45) is 5.73 Å². The summed E-state index contributed by atoms with van der Waals surface area (Å²) in [5.74, 6) is 0. The first-order chi connectivity index (χ1) is 7.27. The van der Waals surface area contributed by atoms with Crippen LogP contribution in [0.15, 0.2) is 42.9 Å². The lowest BCUT2D eigenvalue weighted by Gasteiger charge is -2.11. The predicted octanol–water partition coefficient (Wildman–Crippen LogP) is 1.83. The van der Waals surface area contributed by atoms with Gasteiger partial charge in [0.05, 0.1) is 11.7 Å². The summed E-state index contributed by atoms with van der Waals surface area (Å²) in [4.78, 5) is 8.31. The Morgan fingerprint density at radius 2 is 2.13 bits per heavy atom. The SMILES string of the molecule is Cc1ccnc(C(N)c2cccnc2)c1. The van der Waals surface area contributed by atoms with Crippen LogP contribution in [0.3, 0.4) is 0 Å². The summed E-state index contributed by atoms with van der Waals surface area (Å²) in [7, 11) is 0. The molecule has 3 nitrogen and oxygen atoms in total. The summed E-state index contributed by atoms with van der Waals surface area (Å²) < 4.78 is 0. The smallest absolute Gasteiger partial charge is 0.0741 e. The van der Waals surface area contributed by atoms with Crippen LogP contribution in [-0.4, -0.2) is 9.97 Å². The van der Waals surface area contributed by atoms with Crippen LogP contribution in [-0.2, 0) is 0 Å². The van der Waals surface area contributed by atoms with Crippen LogP contribution in [0.4, 0.5) is 0 Å². The van der Waals surface area contributed by atoms with E-state index >= 15 is 0 Å². The van der Waals surface area contributed by atoms with Gasteiger partial charge in [0.15, 0.2) is 0 Å². The lowest BCUT2D eigenvalue weighted by Crippen LogP contribution is -2.13. The number of aryl methyl sites for hydroxylation is 1. The average molecular weight is 199 g/mol. The molecule has 3 heteroatoms. The Hall–Kier alpha value is -1.74. The topological polar surface area (TPSA) is 51.8 Å². The Bertz CT molecular complexity index is 440. The van der Waals surface area contributed by atoms with Gasteiger partial charge in [-0.25, -0.2) is 0 Å². The van der Waals surface area contributed by atoms with Crippen LogP contribution in [0, 0.1) is 6.92 Å². The fourth-order valence-electron chi connectivity index (χ4n) is 1.46. The van der Waals surface area contributed by atoms with E-state index in [1.165, 1.54) is 5.56 Å². The molecule has 2 heterocycles. The van der Waals surface area contributed by atoms with E-state index in [2.05, 4.69) is 9.97 Å². The lowest BCUT2D eigenvalue weighted by molar-refractivity contribution is 0.820. The summed E-state index contributed by atoms with van der Waals surface area (Å²) in [6, 6.07) is 7.60. The second kappa shape index (κ2) is 4.19. The number of rotatable bonds is 2. The Balaban J connectivity index is 2.32. The van der Waals surface area contributed by atoms with E-state index < -0.39 is 0 Å². The van der Waals surface area contributed by atoms with Crippen molar-refractivity contribution in [3.63, 3.8) is 0 Å². The minimum atomic E-state index is -0.196. The summed E-state index contributed by atoms with van der Waals surface area (Å²) >= 11 is 0. The first-order valence-electron chi connectivity index (χ1n) is 4.85. The van der Waals surface area contributed by atoms with Gasteiger partial charge in [0.2, 0.25) is 0 Å². The predicted molar refractivity (Wildman–Crippen MR) is 59.2 cm³/mol. The zero-order chi connectivity index (χ0) is 10.7. The molecule has 0 saturated carbocycles. The third-order valence-electron chi connectivity index (χ3n) is 2.30. The molecule has 0 spiro atoms. The van der Waals surface area contributed by atoms with E-state index in [0.29, 0.717) is 0 Å². The van der Waals surface area contributed by atoms with Gasteiger partial charge in [-0.15, -0.1) is 0 Å². The molecule has 0 aliphatic heterocycles. The van der Waals surface area contributed by atoms with Crippen molar-refractivity contribution in [2.75, 3.05) is 0 Å². The molecule has 76 valence electrons. The van der Waals surface area contributed by atoms with E-state index in [1.54, 1.807) is 18.6 Å². The van der Waals surface area contributed by atoms with Gasteiger partial charge in [-0.05, 0) is 36.2 Å².